The summed E-state index contributed by atoms with van der Waals surface area (Å²) in [6.45, 7) is 6.27. The van der Waals surface area contributed by atoms with E-state index in [1.165, 1.54) is 12.8 Å². The molecular weight excluding hydrogens is 200 g/mol. The summed E-state index contributed by atoms with van der Waals surface area (Å²) in [5, 5.41) is 0. The van der Waals surface area contributed by atoms with Crippen molar-refractivity contribution in [2.45, 2.75) is 58.5 Å². The summed E-state index contributed by atoms with van der Waals surface area (Å²) in [4.78, 5) is 14.0. The van der Waals surface area contributed by atoms with E-state index in [1.807, 2.05) is 25.8 Å². The molecule has 2 N–H and O–H groups in total. The van der Waals surface area contributed by atoms with Gasteiger partial charge in [0.15, 0.2) is 0 Å². The smallest absolute Gasteiger partial charge is 0.239 e. The monoisotopic (exact) mass is 226 g/mol. The van der Waals surface area contributed by atoms with Gasteiger partial charge in [0.1, 0.15) is 0 Å². The topological polar surface area (TPSA) is 46.3 Å². The van der Waals surface area contributed by atoms with E-state index in [9.17, 15) is 4.79 Å². The number of nitrogens with zero attached hydrogens (tertiary/aromatic N) is 1. The molecule has 0 radical (unpaired) electrons. The standard InChI is InChI=1S/C13H26N2O/c1-9(2)12(14)13(16)15(4)11-7-5-6-10(3)8-11/h9-12H,5-8,14H2,1-4H3/t10?,11?,12-/m1/s1. The van der Waals surface area contributed by atoms with E-state index in [0.717, 1.165) is 18.8 Å². The Morgan fingerprint density at radius 1 is 1.38 bits per heavy atom. The SMILES string of the molecule is CC1CCCC(N(C)C(=O)[C@H](N)C(C)C)C1. The fraction of sp³-hybridized carbons (Fsp3) is 0.923. The van der Waals surface area contributed by atoms with Gasteiger partial charge < -0.3 is 10.6 Å². The Morgan fingerprint density at radius 2 is 2.00 bits per heavy atom. The molecule has 1 aliphatic rings. The van der Waals surface area contributed by atoms with Crippen molar-refractivity contribution in [3.05, 3.63) is 0 Å². The summed E-state index contributed by atoms with van der Waals surface area (Å²) in [6, 6.07) is 0.0586. The second kappa shape index (κ2) is 5.67. The quantitative estimate of drug-likeness (QED) is 0.800. The van der Waals surface area contributed by atoms with Crippen LogP contribution in [0, 0.1) is 11.8 Å². The number of nitrogens with two attached hydrogens (primary N) is 1. The summed E-state index contributed by atoms with van der Waals surface area (Å²) in [7, 11) is 1.91. The molecule has 2 unspecified atom stereocenters. The molecule has 0 aromatic heterocycles. The summed E-state index contributed by atoms with van der Waals surface area (Å²) in [5.41, 5.74) is 5.91. The van der Waals surface area contributed by atoms with Crippen LogP contribution in [0.2, 0.25) is 0 Å². The van der Waals surface area contributed by atoms with Gasteiger partial charge in [-0.05, 0) is 24.7 Å². The molecule has 0 spiro atoms. The molecule has 1 fully saturated rings. The van der Waals surface area contributed by atoms with Crippen LogP contribution in [-0.4, -0.2) is 29.9 Å². The molecular formula is C13H26N2O. The van der Waals surface area contributed by atoms with E-state index in [-0.39, 0.29) is 17.9 Å². The number of likely N-dealkylation sites (N-methyl/N-ethyl adjacent to an activating group) is 1. The Kier molecular flexibility index (Phi) is 4.78. The largest absolute Gasteiger partial charge is 0.341 e. The summed E-state index contributed by atoms with van der Waals surface area (Å²) in [5.74, 6) is 1.06. The second-order valence-electron chi connectivity index (χ2n) is 5.64. The van der Waals surface area contributed by atoms with Crippen LogP contribution in [0.4, 0.5) is 0 Å². The summed E-state index contributed by atoms with van der Waals surface area (Å²) < 4.78 is 0. The van der Waals surface area contributed by atoms with Crippen LogP contribution in [0.25, 0.3) is 0 Å². The van der Waals surface area contributed by atoms with Gasteiger partial charge in [-0.25, -0.2) is 0 Å². The van der Waals surface area contributed by atoms with E-state index < -0.39 is 0 Å². The van der Waals surface area contributed by atoms with Crippen molar-refractivity contribution in [2.24, 2.45) is 17.6 Å². The summed E-state index contributed by atoms with van der Waals surface area (Å²) >= 11 is 0. The lowest BCUT2D eigenvalue weighted by molar-refractivity contribution is -0.135. The van der Waals surface area contributed by atoms with E-state index in [0.29, 0.717) is 6.04 Å². The zero-order chi connectivity index (χ0) is 12.3. The molecule has 0 aromatic carbocycles. The van der Waals surface area contributed by atoms with Gasteiger partial charge in [-0.1, -0.05) is 33.6 Å². The molecule has 3 nitrogen and oxygen atoms in total. The van der Waals surface area contributed by atoms with Crippen LogP contribution in [0.5, 0.6) is 0 Å². The molecule has 0 heterocycles. The van der Waals surface area contributed by atoms with Gasteiger partial charge in [-0.2, -0.15) is 0 Å². The molecule has 0 bridgehead atoms. The molecule has 1 rings (SSSR count). The highest BCUT2D eigenvalue weighted by Crippen LogP contribution is 2.27. The van der Waals surface area contributed by atoms with Gasteiger partial charge in [-0.15, -0.1) is 0 Å². The van der Waals surface area contributed by atoms with Gasteiger partial charge in [0.05, 0.1) is 6.04 Å². The van der Waals surface area contributed by atoms with Gasteiger partial charge in [0, 0.05) is 13.1 Å². The number of hydrogen-bond donors (Lipinski definition) is 1. The first kappa shape index (κ1) is 13.5. The van der Waals surface area contributed by atoms with E-state index >= 15 is 0 Å². The zero-order valence-electron chi connectivity index (χ0n) is 11.1. The van der Waals surface area contributed by atoms with Gasteiger partial charge in [-0.3, -0.25) is 4.79 Å². The fourth-order valence-electron chi connectivity index (χ4n) is 2.45. The molecule has 0 aromatic rings. The predicted molar refractivity (Wildman–Crippen MR) is 67.0 cm³/mol. The Hall–Kier alpha value is -0.570. The predicted octanol–water partition coefficient (Wildman–Crippen LogP) is 2.01. The highest BCUT2D eigenvalue weighted by Gasteiger charge is 2.29. The molecule has 1 aliphatic carbocycles. The van der Waals surface area contributed by atoms with E-state index in [4.69, 9.17) is 5.73 Å². The highest BCUT2D eigenvalue weighted by molar-refractivity contribution is 5.81. The number of rotatable bonds is 3. The van der Waals surface area contributed by atoms with E-state index in [1.54, 1.807) is 0 Å². The lowest BCUT2D eigenvalue weighted by atomic mass is 9.86. The summed E-state index contributed by atoms with van der Waals surface area (Å²) in [6.07, 6.45) is 4.81. The van der Waals surface area contributed by atoms with Crippen LogP contribution in [0.15, 0.2) is 0 Å². The first-order chi connectivity index (χ1) is 7.43. The maximum absolute atomic E-state index is 12.1. The fourth-order valence-corrected chi connectivity index (χ4v) is 2.45. The molecule has 16 heavy (non-hydrogen) atoms. The van der Waals surface area contributed by atoms with Crippen LogP contribution in [0.3, 0.4) is 0 Å². The third kappa shape index (κ3) is 3.21. The van der Waals surface area contributed by atoms with Crippen molar-refractivity contribution in [1.82, 2.24) is 4.90 Å². The minimum atomic E-state index is -0.345. The Balaban J connectivity index is 2.55. The average Bonchev–Trinajstić information content (AvgIpc) is 2.26. The first-order valence-corrected chi connectivity index (χ1v) is 6.45. The molecule has 1 saturated carbocycles. The average molecular weight is 226 g/mol. The van der Waals surface area contributed by atoms with Crippen LogP contribution >= 0.6 is 0 Å². The number of carbonyl (C=O) groups excluding carboxylic acids is 1. The maximum atomic E-state index is 12.1. The van der Waals surface area contributed by atoms with Crippen molar-refractivity contribution in [2.75, 3.05) is 7.05 Å². The zero-order valence-corrected chi connectivity index (χ0v) is 11.1. The van der Waals surface area contributed by atoms with Crippen molar-refractivity contribution in [3.63, 3.8) is 0 Å². The molecule has 3 heteroatoms. The Bertz CT molecular complexity index is 240. The molecule has 0 saturated heterocycles. The lowest BCUT2D eigenvalue weighted by Gasteiger charge is -2.36. The lowest BCUT2D eigenvalue weighted by Crippen LogP contribution is -2.49. The van der Waals surface area contributed by atoms with Crippen LogP contribution in [-0.2, 0) is 4.79 Å². The van der Waals surface area contributed by atoms with Gasteiger partial charge in [0.2, 0.25) is 5.91 Å². The van der Waals surface area contributed by atoms with Gasteiger partial charge >= 0.3 is 0 Å². The first-order valence-electron chi connectivity index (χ1n) is 6.45. The van der Waals surface area contributed by atoms with Crippen molar-refractivity contribution in [1.29, 1.82) is 0 Å². The molecule has 0 aliphatic heterocycles. The third-order valence-electron chi connectivity index (χ3n) is 3.81. The minimum Gasteiger partial charge on any atom is -0.341 e. The van der Waals surface area contributed by atoms with Crippen LogP contribution < -0.4 is 5.73 Å². The molecule has 3 atom stereocenters. The Morgan fingerprint density at radius 3 is 2.50 bits per heavy atom. The maximum Gasteiger partial charge on any atom is 0.239 e. The highest BCUT2D eigenvalue weighted by atomic mass is 16.2. The normalized spacial score (nSPS) is 27.9. The van der Waals surface area contributed by atoms with Crippen molar-refractivity contribution >= 4 is 5.91 Å². The number of hydrogen-bond acceptors (Lipinski definition) is 2. The molecule has 94 valence electrons. The van der Waals surface area contributed by atoms with Crippen molar-refractivity contribution < 1.29 is 4.79 Å². The Labute approximate surface area is 99.4 Å². The van der Waals surface area contributed by atoms with Gasteiger partial charge in [0.25, 0.3) is 0 Å². The minimum absolute atomic E-state index is 0.106. The molecule has 1 amide bonds. The third-order valence-corrected chi connectivity index (χ3v) is 3.81. The second-order valence-corrected chi connectivity index (χ2v) is 5.64. The van der Waals surface area contributed by atoms with Crippen LogP contribution in [0.1, 0.15) is 46.5 Å². The number of amides is 1. The van der Waals surface area contributed by atoms with Crippen molar-refractivity contribution in [3.8, 4) is 0 Å². The van der Waals surface area contributed by atoms with E-state index in [2.05, 4.69) is 6.92 Å². The number of carbonyl (C=O) groups is 1.